The Morgan fingerprint density at radius 1 is 1.14 bits per heavy atom. The first-order chi connectivity index (χ1) is 10.2. The second kappa shape index (κ2) is 7.87. The molecule has 1 aliphatic carbocycles. The van der Waals surface area contributed by atoms with Crippen LogP contribution >= 0.6 is 0 Å². The number of hydrogen-bond donors (Lipinski definition) is 0. The summed E-state index contributed by atoms with van der Waals surface area (Å²) >= 11 is 0. The minimum atomic E-state index is 0.344. The Labute approximate surface area is 129 Å². The highest BCUT2D eigenvalue weighted by molar-refractivity contribution is 4.96. The van der Waals surface area contributed by atoms with Crippen LogP contribution in [0.25, 0.3) is 0 Å². The first-order valence-electron chi connectivity index (χ1n) is 8.69. The summed E-state index contributed by atoms with van der Waals surface area (Å²) in [4.78, 5) is 2.49. The predicted octanol–water partition coefficient (Wildman–Crippen LogP) is 3.61. The van der Waals surface area contributed by atoms with Gasteiger partial charge in [0.2, 0.25) is 0 Å². The summed E-state index contributed by atoms with van der Waals surface area (Å²) in [5.74, 6) is 1.73. The molecule has 0 amide bonds. The molecule has 0 N–H and O–H groups in total. The van der Waals surface area contributed by atoms with Crippen molar-refractivity contribution < 1.29 is 0 Å². The van der Waals surface area contributed by atoms with Crippen LogP contribution in [0, 0.1) is 5.92 Å². The fraction of sp³-hybridized carbons (Fsp3) is 0.938. The molecule has 5 heteroatoms. The maximum atomic E-state index is 4.42. The van der Waals surface area contributed by atoms with E-state index in [1.807, 2.05) is 0 Å². The van der Waals surface area contributed by atoms with Crippen molar-refractivity contribution in [2.45, 2.75) is 78.3 Å². The SMILES string of the molecule is CCN(CC)[C@H](CC(C)C)c1nnnn1C1CCCCC1. The van der Waals surface area contributed by atoms with Crippen molar-refractivity contribution >= 4 is 0 Å². The van der Waals surface area contributed by atoms with Crippen molar-refractivity contribution in [3.8, 4) is 0 Å². The summed E-state index contributed by atoms with van der Waals surface area (Å²) in [6, 6.07) is 0.853. The molecule has 1 heterocycles. The Balaban J connectivity index is 2.24. The Bertz CT molecular complexity index is 405. The molecule has 0 aliphatic heterocycles. The summed E-state index contributed by atoms with van der Waals surface area (Å²) < 4.78 is 2.14. The molecule has 0 unspecified atom stereocenters. The fourth-order valence-electron chi connectivity index (χ4n) is 3.53. The molecule has 5 nitrogen and oxygen atoms in total. The zero-order valence-electron chi connectivity index (χ0n) is 14.1. The topological polar surface area (TPSA) is 46.8 Å². The monoisotopic (exact) mass is 293 g/mol. The molecule has 1 atom stereocenters. The Morgan fingerprint density at radius 2 is 1.81 bits per heavy atom. The molecule has 1 aromatic heterocycles. The van der Waals surface area contributed by atoms with Gasteiger partial charge in [-0.2, -0.15) is 0 Å². The standard InChI is InChI=1S/C16H31N5/c1-5-20(6-2)15(12-13(3)4)16-17-18-19-21(16)14-10-8-7-9-11-14/h13-15H,5-12H2,1-4H3/t15-/m1/s1. The third-order valence-electron chi connectivity index (χ3n) is 4.68. The fourth-order valence-corrected chi connectivity index (χ4v) is 3.53. The van der Waals surface area contributed by atoms with E-state index < -0.39 is 0 Å². The van der Waals surface area contributed by atoms with Gasteiger partial charge in [0.05, 0.1) is 12.1 Å². The van der Waals surface area contributed by atoms with Crippen molar-refractivity contribution in [2.24, 2.45) is 5.92 Å². The van der Waals surface area contributed by atoms with E-state index in [9.17, 15) is 0 Å². The zero-order valence-corrected chi connectivity index (χ0v) is 14.1. The van der Waals surface area contributed by atoms with Crippen molar-refractivity contribution in [1.29, 1.82) is 0 Å². The second-order valence-corrected chi connectivity index (χ2v) is 6.64. The Kier molecular flexibility index (Phi) is 6.15. The van der Waals surface area contributed by atoms with Crippen LogP contribution in [0.15, 0.2) is 0 Å². The Morgan fingerprint density at radius 3 is 2.38 bits per heavy atom. The van der Waals surface area contributed by atoms with Gasteiger partial charge >= 0.3 is 0 Å². The van der Waals surface area contributed by atoms with E-state index in [0.717, 1.165) is 25.3 Å². The van der Waals surface area contributed by atoms with Crippen LogP contribution < -0.4 is 0 Å². The van der Waals surface area contributed by atoms with Crippen LogP contribution in [0.5, 0.6) is 0 Å². The third-order valence-corrected chi connectivity index (χ3v) is 4.68. The van der Waals surface area contributed by atoms with E-state index in [4.69, 9.17) is 0 Å². The maximum Gasteiger partial charge on any atom is 0.168 e. The van der Waals surface area contributed by atoms with Crippen molar-refractivity contribution in [2.75, 3.05) is 13.1 Å². The van der Waals surface area contributed by atoms with Crippen molar-refractivity contribution in [1.82, 2.24) is 25.1 Å². The van der Waals surface area contributed by atoms with Gasteiger partial charge in [0.1, 0.15) is 0 Å². The normalized spacial score (nSPS) is 18.6. The largest absolute Gasteiger partial charge is 0.294 e. The van der Waals surface area contributed by atoms with Crippen LogP contribution in [0.3, 0.4) is 0 Å². The van der Waals surface area contributed by atoms with Gasteiger partial charge in [-0.15, -0.1) is 5.10 Å². The van der Waals surface area contributed by atoms with E-state index in [0.29, 0.717) is 18.0 Å². The summed E-state index contributed by atoms with van der Waals surface area (Å²) in [7, 11) is 0. The van der Waals surface area contributed by atoms with Crippen molar-refractivity contribution in [3.63, 3.8) is 0 Å². The molecular formula is C16H31N5. The van der Waals surface area contributed by atoms with Gasteiger partial charge in [-0.25, -0.2) is 4.68 Å². The highest BCUT2D eigenvalue weighted by Gasteiger charge is 2.28. The quantitative estimate of drug-likeness (QED) is 0.770. The number of rotatable bonds is 7. The van der Waals surface area contributed by atoms with Gasteiger partial charge in [-0.1, -0.05) is 47.0 Å². The van der Waals surface area contributed by atoms with Gasteiger partial charge in [-0.3, -0.25) is 4.90 Å². The van der Waals surface area contributed by atoms with Crippen molar-refractivity contribution in [3.05, 3.63) is 5.82 Å². The molecule has 1 saturated carbocycles. The lowest BCUT2D eigenvalue weighted by Gasteiger charge is -2.32. The molecule has 1 aliphatic rings. The maximum absolute atomic E-state index is 4.42. The van der Waals surface area contributed by atoms with E-state index in [1.54, 1.807) is 0 Å². The van der Waals surface area contributed by atoms with Gasteiger partial charge in [0.15, 0.2) is 5.82 Å². The Hall–Kier alpha value is -0.970. The molecule has 0 aromatic carbocycles. The van der Waals surface area contributed by atoms with E-state index in [-0.39, 0.29) is 0 Å². The van der Waals surface area contributed by atoms with Crippen LogP contribution in [-0.4, -0.2) is 38.2 Å². The minimum Gasteiger partial charge on any atom is -0.294 e. The lowest BCUT2D eigenvalue weighted by molar-refractivity contribution is 0.171. The number of nitrogens with zero attached hydrogens (tertiary/aromatic N) is 5. The first kappa shape index (κ1) is 16.4. The lowest BCUT2D eigenvalue weighted by atomic mass is 9.95. The lowest BCUT2D eigenvalue weighted by Crippen LogP contribution is -2.32. The van der Waals surface area contributed by atoms with E-state index in [2.05, 4.69) is 52.8 Å². The molecular weight excluding hydrogens is 262 g/mol. The zero-order chi connectivity index (χ0) is 15.2. The molecule has 1 fully saturated rings. The average molecular weight is 293 g/mol. The molecule has 0 bridgehead atoms. The average Bonchev–Trinajstić information content (AvgIpc) is 2.97. The molecule has 2 rings (SSSR count). The molecule has 21 heavy (non-hydrogen) atoms. The highest BCUT2D eigenvalue weighted by Crippen LogP contribution is 2.32. The van der Waals surface area contributed by atoms with Crippen LogP contribution in [0.1, 0.15) is 84.1 Å². The molecule has 0 spiro atoms. The summed E-state index contributed by atoms with van der Waals surface area (Å²) in [6.07, 6.45) is 7.55. The molecule has 0 radical (unpaired) electrons. The second-order valence-electron chi connectivity index (χ2n) is 6.64. The van der Waals surface area contributed by atoms with Gasteiger partial charge in [0, 0.05) is 0 Å². The van der Waals surface area contributed by atoms with Crippen LogP contribution in [-0.2, 0) is 0 Å². The van der Waals surface area contributed by atoms with E-state index >= 15 is 0 Å². The first-order valence-corrected chi connectivity index (χ1v) is 8.69. The molecule has 120 valence electrons. The number of tetrazole rings is 1. The predicted molar refractivity (Wildman–Crippen MR) is 85.1 cm³/mol. The van der Waals surface area contributed by atoms with Gasteiger partial charge in [-0.05, 0) is 48.7 Å². The highest BCUT2D eigenvalue weighted by atomic mass is 15.6. The van der Waals surface area contributed by atoms with Crippen LogP contribution in [0.2, 0.25) is 0 Å². The third kappa shape index (κ3) is 4.02. The summed E-state index contributed by atoms with van der Waals surface area (Å²) in [5, 5.41) is 12.8. The smallest absolute Gasteiger partial charge is 0.168 e. The van der Waals surface area contributed by atoms with Gasteiger partial charge in [0.25, 0.3) is 0 Å². The van der Waals surface area contributed by atoms with Crippen LogP contribution in [0.4, 0.5) is 0 Å². The molecule has 0 saturated heterocycles. The van der Waals surface area contributed by atoms with E-state index in [1.165, 1.54) is 32.1 Å². The summed E-state index contributed by atoms with van der Waals surface area (Å²) in [6.45, 7) is 11.1. The van der Waals surface area contributed by atoms with Gasteiger partial charge < -0.3 is 0 Å². The summed E-state index contributed by atoms with van der Waals surface area (Å²) in [5.41, 5.74) is 0. The number of aromatic nitrogens is 4. The molecule has 1 aromatic rings. The minimum absolute atomic E-state index is 0.344. The number of hydrogen-bond acceptors (Lipinski definition) is 4.